The normalized spacial score (nSPS) is 23.0. The maximum absolute atomic E-state index is 15.9. The smallest absolute Gasteiger partial charge is 0.143 e. The Morgan fingerprint density at radius 1 is 1.13 bits per heavy atom. The van der Waals surface area contributed by atoms with Gasteiger partial charge in [-0.1, -0.05) is 0 Å². The zero-order chi connectivity index (χ0) is 28.1. The first-order valence-electron chi connectivity index (χ1n) is 13.3. The molecule has 3 aromatic rings. The topological polar surface area (TPSA) is 62.7 Å². The van der Waals surface area contributed by atoms with E-state index in [1.54, 1.807) is 17.9 Å². The number of aliphatic hydroxyl groups is 2. The van der Waals surface area contributed by atoms with Gasteiger partial charge in [0.2, 0.25) is 0 Å². The number of nitrogens with zero attached hydrogens (tertiary/aromatic N) is 2. The van der Waals surface area contributed by atoms with Crippen LogP contribution in [0.3, 0.4) is 0 Å². The van der Waals surface area contributed by atoms with Crippen molar-refractivity contribution in [3.8, 4) is 0 Å². The van der Waals surface area contributed by atoms with Crippen LogP contribution >= 0.6 is 0 Å². The minimum Gasteiger partial charge on any atom is -0.393 e. The summed E-state index contributed by atoms with van der Waals surface area (Å²) in [6.07, 6.45) is -0.313. The quantitative estimate of drug-likeness (QED) is 0.329. The number of alkyl halides is 2. The van der Waals surface area contributed by atoms with E-state index < -0.39 is 48.5 Å². The van der Waals surface area contributed by atoms with Crippen molar-refractivity contribution in [3.05, 3.63) is 70.2 Å². The lowest BCUT2D eigenvalue weighted by Crippen LogP contribution is -2.50. The van der Waals surface area contributed by atoms with Crippen LogP contribution in [-0.4, -0.2) is 76.2 Å². The summed E-state index contributed by atoms with van der Waals surface area (Å²) in [6, 6.07) is 5.00. The van der Waals surface area contributed by atoms with E-state index >= 15 is 13.2 Å². The lowest BCUT2D eigenvalue weighted by Gasteiger charge is -2.43. The van der Waals surface area contributed by atoms with Crippen LogP contribution in [0, 0.1) is 23.4 Å². The molecule has 1 saturated heterocycles. The molecule has 5 rings (SSSR count). The number of fused-ring (bicyclic) bond motifs is 3. The maximum Gasteiger partial charge on any atom is 0.143 e. The molecule has 4 atom stereocenters. The molecule has 2 unspecified atom stereocenters. The number of halogens is 5. The van der Waals surface area contributed by atoms with E-state index in [1.165, 1.54) is 19.1 Å². The molecular formula is C29H34F5N3O2. The monoisotopic (exact) mass is 551 g/mol. The third kappa shape index (κ3) is 5.31. The third-order valence-electron chi connectivity index (χ3n) is 8.17. The Labute approximate surface area is 224 Å². The first-order chi connectivity index (χ1) is 18.5. The van der Waals surface area contributed by atoms with Crippen LogP contribution < -0.4 is 0 Å². The van der Waals surface area contributed by atoms with E-state index in [2.05, 4.69) is 4.98 Å². The Morgan fingerprint density at radius 3 is 2.46 bits per heavy atom. The van der Waals surface area contributed by atoms with Gasteiger partial charge in [-0.3, -0.25) is 9.29 Å². The molecule has 0 aliphatic carbocycles. The SMILES string of the molecule is C[C@@H]1Cc2c([nH]c3ccc(F)cc23)[C@@H](c2c(F)cc(C(O)C3CN(CCCF)C3)cc2F)N1CC(C)(F)CO. The highest BCUT2D eigenvalue weighted by Gasteiger charge is 2.42. The van der Waals surface area contributed by atoms with Crippen molar-refractivity contribution >= 4 is 10.9 Å². The van der Waals surface area contributed by atoms with E-state index in [4.69, 9.17) is 0 Å². The van der Waals surface area contributed by atoms with Crippen LogP contribution in [0.4, 0.5) is 22.0 Å². The fraction of sp³-hybridized carbons (Fsp3) is 0.517. The molecule has 5 nitrogen and oxygen atoms in total. The van der Waals surface area contributed by atoms with E-state index in [0.29, 0.717) is 54.6 Å². The van der Waals surface area contributed by atoms with Crippen molar-refractivity contribution in [1.29, 1.82) is 0 Å². The summed E-state index contributed by atoms with van der Waals surface area (Å²) in [6.45, 7) is 3.12. The van der Waals surface area contributed by atoms with Crippen molar-refractivity contribution in [2.24, 2.45) is 5.92 Å². The van der Waals surface area contributed by atoms with Crippen molar-refractivity contribution in [2.75, 3.05) is 39.5 Å². The Hall–Kier alpha value is -2.53. The van der Waals surface area contributed by atoms with Gasteiger partial charge in [0.25, 0.3) is 0 Å². The van der Waals surface area contributed by atoms with Gasteiger partial charge in [-0.2, -0.15) is 0 Å². The Morgan fingerprint density at radius 2 is 1.82 bits per heavy atom. The van der Waals surface area contributed by atoms with Crippen LogP contribution in [0.5, 0.6) is 0 Å². The summed E-state index contributed by atoms with van der Waals surface area (Å²) in [5, 5.41) is 21.0. The second-order valence-corrected chi connectivity index (χ2v) is 11.3. The number of aromatic amines is 1. The fourth-order valence-corrected chi connectivity index (χ4v) is 6.10. The van der Waals surface area contributed by atoms with E-state index in [0.717, 1.165) is 12.1 Å². The van der Waals surface area contributed by atoms with Gasteiger partial charge in [0.1, 0.15) is 23.1 Å². The highest BCUT2D eigenvalue weighted by molar-refractivity contribution is 5.85. The van der Waals surface area contributed by atoms with Gasteiger partial charge in [-0.05, 0) is 68.1 Å². The van der Waals surface area contributed by atoms with Crippen LogP contribution in [0.25, 0.3) is 10.9 Å². The summed E-state index contributed by atoms with van der Waals surface area (Å²) >= 11 is 0. The standard InChI is InChI=1S/C29H34F5N3O2/c1-16-8-21-20-11-19(31)4-5-24(20)35-26(21)27(37(16)14-29(2,34)15-38)25-22(32)9-17(10-23(25)33)28(39)18-12-36(13-18)7-3-6-30/h4-5,9-11,16,18,27-28,35,38-39H,3,6-8,12-15H2,1-2H3/t16-,27-,28?,29?/m1/s1. The molecule has 1 fully saturated rings. The minimum absolute atomic E-state index is 0.101. The summed E-state index contributed by atoms with van der Waals surface area (Å²) in [5.41, 5.74) is -0.504. The number of rotatable bonds is 9. The highest BCUT2D eigenvalue weighted by Crippen LogP contribution is 2.44. The maximum atomic E-state index is 15.9. The van der Waals surface area contributed by atoms with Gasteiger partial charge in [0.05, 0.1) is 25.4 Å². The van der Waals surface area contributed by atoms with E-state index in [-0.39, 0.29) is 29.6 Å². The first kappa shape index (κ1) is 28.0. The molecule has 0 bridgehead atoms. The Kier molecular flexibility index (Phi) is 7.76. The molecular weight excluding hydrogens is 517 g/mol. The number of likely N-dealkylation sites (tertiary alicyclic amines) is 1. The largest absolute Gasteiger partial charge is 0.393 e. The lowest BCUT2D eigenvalue weighted by molar-refractivity contribution is -0.00647. The molecule has 39 heavy (non-hydrogen) atoms. The van der Waals surface area contributed by atoms with Gasteiger partial charge in [0, 0.05) is 60.3 Å². The zero-order valence-electron chi connectivity index (χ0n) is 22.0. The molecule has 0 amide bonds. The predicted molar refractivity (Wildman–Crippen MR) is 138 cm³/mol. The molecule has 3 heterocycles. The van der Waals surface area contributed by atoms with Gasteiger partial charge < -0.3 is 20.1 Å². The summed E-state index contributed by atoms with van der Waals surface area (Å²) in [5.74, 6) is -2.45. The van der Waals surface area contributed by atoms with Crippen LogP contribution in [0.1, 0.15) is 54.8 Å². The van der Waals surface area contributed by atoms with Gasteiger partial charge in [0.15, 0.2) is 0 Å². The number of aliphatic hydroxyl groups excluding tert-OH is 2. The molecule has 10 heteroatoms. The van der Waals surface area contributed by atoms with Gasteiger partial charge in [-0.15, -0.1) is 0 Å². The number of aromatic nitrogens is 1. The average molecular weight is 552 g/mol. The van der Waals surface area contributed by atoms with Crippen molar-refractivity contribution in [1.82, 2.24) is 14.8 Å². The second-order valence-electron chi connectivity index (χ2n) is 11.3. The molecule has 2 aliphatic heterocycles. The van der Waals surface area contributed by atoms with E-state index in [9.17, 15) is 19.0 Å². The Balaban J connectivity index is 1.54. The average Bonchev–Trinajstić information content (AvgIpc) is 3.21. The highest BCUT2D eigenvalue weighted by atomic mass is 19.2. The Bertz CT molecular complexity index is 1320. The number of nitrogens with one attached hydrogen (secondary N) is 1. The second kappa shape index (κ2) is 10.8. The fourth-order valence-electron chi connectivity index (χ4n) is 6.10. The van der Waals surface area contributed by atoms with Gasteiger partial charge >= 0.3 is 0 Å². The summed E-state index contributed by atoms with van der Waals surface area (Å²) < 4.78 is 73.4. The molecule has 2 aliphatic rings. The van der Waals surface area contributed by atoms with Crippen LogP contribution in [0.2, 0.25) is 0 Å². The zero-order valence-corrected chi connectivity index (χ0v) is 22.0. The number of hydrogen-bond acceptors (Lipinski definition) is 4. The van der Waals surface area contributed by atoms with Crippen molar-refractivity contribution in [3.63, 3.8) is 0 Å². The van der Waals surface area contributed by atoms with Crippen LogP contribution in [-0.2, 0) is 6.42 Å². The molecule has 0 saturated carbocycles. The summed E-state index contributed by atoms with van der Waals surface area (Å²) in [7, 11) is 0. The predicted octanol–water partition coefficient (Wildman–Crippen LogP) is 4.97. The molecule has 1 aromatic heterocycles. The van der Waals surface area contributed by atoms with Crippen molar-refractivity contribution in [2.45, 2.75) is 50.5 Å². The molecule has 3 N–H and O–H groups in total. The van der Waals surface area contributed by atoms with E-state index in [1.807, 2.05) is 4.90 Å². The lowest BCUT2D eigenvalue weighted by atomic mass is 9.85. The molecule has 212 valence electrons. The number of hydrogen-bond donors (Lipinski definition) is 3. The summed E-state index contributed by atoms with van der Waals surface area (Å²) in [4.78, 5) is 6.79. The van der Waals surface area contributed by atoms with Gasteiger partial charge in [-0.25, -0.2) is 17.6 Å². The van der Waals surface area contributed by atoms with Crippen LogP contribution in [0.15, 0.2) is 30.3 Å². The minimum atomic E-state index is -2.04. The molecule has 0 radical (unpaired) electrons. The first-order valence-corrected chi connectivity index (χ1v) is 13.3. The van der Waals surface area contributed by atoms with Crippen molar-refractivity contribution < 1.29 is 32.2 Å². The third-order valence-corrected chi connectivity index (χ3v) is 8.17. The number of H-pyrrole nitrogens is 1. The molecule has 2 aromatic carbocycles. The number of benzene rings is 2. The molecule has 0 spiro atoms.